The van der Waals surface area contributed by atoms with Crippen molar-refractivity contribution in [3.05, 3.63) is 24.3 Å². The Bertz CT molecular complexity index is 208. The van der Waals surface area contributed by atoms with E-state index in [9.17, 15) is 0 Å². The Labute approximate surface area is 72.9 Å². The van der Waals surface area contributed by atoms with E-state index >= 15 is 0 Å². The van der Waals surface area contributed by atoms with Gasteiger partial charge in [-0.2, -0.15) is 0 Å². The zero-order chi connectivity index (χ0) is 8.39. The highest BCUT2D eigenvalue weighted by atomic mass is 16.7. The Balaban J connectivity index is 2.10. The van der Waals surface area contributed by atoms with E-state index in [-0.39, 0.29) is 6.29 Å². The van der Waals surface area contributed by atoms with Crippen LogP contribution in [-0.4, -0.2) is 19.5 Å². The lowest BCUT2D eigenvalue weighted by atomic mass is 9.94. The summed E-state index contributed by atoms with van der Waals surface area (Å²) in [6.45, 7) is 5.26. The first-order chi connectivity index (χ1) is 5.92. The first kappa shape index (κ1) is 8.02. The zero-order valence-corrected chi connectivity index (χ0v) is 7.16. The molecule has 2 saturated heterocycles. The molecule has 0 amide bonds. The molecule has 2 fully saturated rings. The SMILES string of the molecule is C=C/C=C1/CO[C@H]2OCCC[C@@H]12. The van der Waals surface area contributed by atoms with Crippen LogP contribution in [0.4, 0.5) is 0 Å². The van der Waals surface area contributed by atoms with Gasteiger partial charge in [-0.1, -0.05) is 18.7 Å². The van der Waals surface area contributed by atoms with Crippen molar-refractivity contribution >= 4 is 0 Å². The zero-order valence-electron chi connectivity index (χ0n) is 7.16. The fourth-order valence-electron chi connectivity index (χ4n) is 1.89. The van der Waals surface area contributed by atoms with Crippen molar-refractivity contribution in [2.45, 2.75) is 19.1 Å². The van der Waals surface area contributed by atoms with Crippen LogP contribution < -0.4 is 0 Å². The van der Waals surface area contributed by atoms with Gasteiger partial charge in [-0.25, -0.2) is 0 Å². The van der Waals surface area contributed by atoms with Crippen molar-refractivity contribution in [3.8, 4) is 0 Å². The van der Waals surface area contributed by atoms with E-state index in [4.69, 9.17) is 9.47 Å². The summed E-state index contributed by atoms with van der Waals surface area (Å²) in [5, 5.41) is 0. The quantitative estimate of drug-likeness (QED) is 0.592. The molecule has 2 nitrogen and oxygen atoms in total. The van der Waals surface area contributed by atoms with Crippen molar-refractivity contribution in [2.24, 2.45) is 5.92 Å². The molecule has 66 valence electrons. The summed E-state index contributed by atoms with van der Waals surface area (Å²) in [7, 11) is 0. The summed E-state index contributed by atoms with van der Waals surface area (Å²) >= 11 is 0. The van der Waals surface area contributed by atoms with Crippen molar-refractivity contribution in [3.63, 3.8) is 0 Å². The number of ether oxygens (including phenoxy) is 2. The number of rotatable bonds is 1. The fraction of sp³-hybridized carbons (Fsp3) is 0.600. The standard InChI is InChI=1S/C10H14O2/c1-2-4-8-7-12-10-9(8)5-3-6-11-10/h2,4,9-10H,1,3,5-7H2/b8-4-/t9-,10+/m0/s1. The Morgan fingerprint density at radius 1 is 1.42 bits per heavy atom. The van der Waals surface area contributed by atoms with Crippen LogP contribution in [0.25, 0.3) is 0 Å². The van der Waals surface area contributed by atoms with E-state index in [0.717, 1.165) is 19.6 Å². The van der Waals surface area contributed by atoms with Crippen molar-refractivity contribution in [1.82, 2.24) is 0 Å². The molecule has 2 rings (SSSR count). The second-order valence-corrected chi connectivity index (χ2v) is 3.28. The van der Waals surface area contributed by atoms with Gasteiger partial charge in [-0.15, -0.1) is 0 Å². The molecule has 0 bridgehead atoms. The summed E-state index contributed by atoms with van der Waals surface area (Å²) in [6, 6.07) is 0. The third kappa shape index (κ3) is 1.32. The second kappa shape index (κ2) is 3.42. The van der Waals surface area contributed by atoms with E-state index in [1.54, 1.807) is 0 Å². The van der Waals surface area contributed by atoms with Crippen LogP contribution in [0, 0.1) is 5.92 Å². The molecule has 0 N–H and O–H groups in total. The van der Waals surface area contributed by atoms with Gasteiger partial charge in [0.1, 0.15) is 0 Å². The van der Waals surface area contributed by atoms with Gasteiger partial charge in [0, 0.05) is 12.5 Å². The van der Waals surface area contributed by atoms with Gasteiger partial charge in [-0.3, -0.25) is 0 Å². The lowest BCUT2D eigenvalue weighted by Gasteiger charge is -2.24. The van der Waals surface area contributed by atoms with Crippen LogP contribution in [-0.2, 0) is 9.47 Å². The fourth-order valence-corrected chi connectivity index (χ4v) is 1.89. The lowest BCUT2D eigenvalue weighted by molar-refractivity contribution is -0.150. The van der Waals surface area contributed by atoms with Crippen LogP contribution in [0.1, 0.15) is 12.8 Å². The highest BCUT2D eigenvalue weighted by molar-refractivity contribution is 5.18. The highest BCUT2D eigenvalue weighted by Gasteiger charge is 2.34. The third-order valence-corrected chi connectivity index (χ3v) is 2.49. The third-order valence-electron chi connectivity index (χ3n) is 2.49. The predicted octanol–water partition coefficient (Wildman–Crippen LogP) is 1.88. The molecule has 0 radical (unpaired) electrons. The van der Waals surface area contributed by atoms with Crippen molar-refractivity contribution in [1.29, 1.82) is 0 Å². The minimum Gasteiger partial charge on any atom is -0.352 e. The van der Waals surface area contributed by atoms with E-state index in [1.165, 1.54) is 12.0 Å². The number of hydrogen-bond acceptors (Lipinski definition) is 2. The number of allylic oxidation sites excluding steroid dienone is 2. The summed E-state index contributed by atoms with van der Waals surface area (Å²) in [6.07, 6.45) is 6.27. The maximum Gasteiger partial charge on any atom is 0.164 e. The van der Waals surface area contributed by atoms with Crippen LogP contribution in [0.5, 0.6) is 0 Å². The first-order valence-electron chi connectivity index (χ1n) is 4.46. The Kier molecular flexibility index (Phi) is 2.28. The molecule has 0 saturated carbocycles. The molecule has 0 aromatic carbocycles. The maximum atomic E-state index is 5.48. The Hall–Kier alpha value is -0.600. The van der Waals surface area contributed by atoms with E-state index in [0.29, 0.717) is 5.92 Å². The average molecular weight is 166 g/mol. The molecular weight excluding hydrogens is 152 g/mol. The second-order valence-electron chi connectivity index (χ2n) is 3.28. The first-order valence-corrected chi connectivity index (χ1v) is 4.46. The van der Waals surface area contributed by atoms with Crippen LogP contribution >= 0.6 is 0 Å². The van der Waals surface area contributed by atoms with E-state index in [2.05, 4.69) is 12.7 Å². The molecule has 0 spiro atoms. The van der Waals surface area contributed by atoms with Gasteiger partial charge in [0.05, 0.1) is 6.61 Å². The van der Waals surface area contributed by atoms with Gasteiger partial charge in [-0.05, 0) is 18.4 Å². The Morgan fingerprint density at radius 3 is 3.17 bits per heavy atom. The number of hydrogen-bond donors (Lipinski definition) is 0. The van der Waals surface area contributed by atoms with E-state index < -0.39 is 0 Å². The van der Waals surface area contributed by atoms with E-state index in [1.807, 2.05) is 6.08 Å². The predicted molar refractivity (Wildman–Crippen MR) is 46.7 cm³/mol. The molecule has 2 aliphatic rings. The number of fused-ring (bicyclic) bond motifs is 1. The molecule has 0 aliphatic carbocycles. The van der Waals surface area contributed by atoms with Gasteiger partial charge in [0.2, 0.25) is 0 Å². The molecule has 2 aliphatic heterocycles. The monoisotopic (exact) mass is 166 g/mol. The normalized spacial score (nSPS) is 38.2. The molecule has 2 heterocycles. The van der Waals surface area contributed by atoms with Crippen LogP contribution in [0.2, 0.25) is 0 Å². The topological polar surface area (TPSA) is 18.5 Å². The van der Waals surface area contributed by atoms with Gasteiger partial charge < -0.3 is 9.47 Å². The summed E-state index contributed by atoms with van der Waals surface area (Å²) < 4.78 is 11.0. The molecule has 2 heteroatoms. The van der Waals surface area contributed by atoms with Gasteiger partial charge >= 0.3 is 0 Å². The minimum atomic E-state index is 0.0324. The molecule has 0 aromatic rings. The summed E-state index contributed by atoms with van der Waals surface area (Å²) in [5.74, 6) is 0.497. The van der Waals surface area contributed by atoms with Crippen LogP contribution in [0.3, 0.4) is 0 Å². The molecule has 12 heavy (non-hydrogen) atoms. The molecule has 0 unspecified atom stereocenters. The van der Waals surface area contributed by atoms with Crippen LogP contribution in [0.15, 0.2) is 24.3 Å². The minimum absolute atomic E-state index is 0.0324. The molecule has 2 atom stereocenters. The Morgan fingerprint density at radius 2 is 2.33 bits per heavy atom. The maximum absolute atomic E-state index is 5.48. The van der Waals surface area contributed by atoms with Gasteiger partial charge in [0.25, 0.3) is 0 Å². The van der Waals surface area contributed by atoms with Crippen molar-refractivity contribution < 1.29 is 9.47 Å². The largest absolute Gasteiger partial charge is 0.352 e. The summed E-state index contributed by atoms with van der Waals surface area (Å²) in [4.78, 5) is 0. The average Bonchev–Trinajstić information content (AvgIpc) is 2.50. The smallest absolute Gasteiger partial charge is 0.164 e. The lowest BCUT2D eigenvalue weighted by Crippen LogP contribution is -2.26. The molecule has 0 aromatic heterocycles. The van der Waals surface area contributed by atoms with Crippen molar-refractivity contribution in [2.75, 3.05) is 13.2 Å². The molecular formula is C10H14O2. The highest BCUT2D eigenvalue weighted by Crippen LogP contribution is 2.34. The van der Waals surface area contributed by atoms with Gasteiger partial charge in [0.15, 0.2) is 6.29 Å². The summed E-state index contributed by atoms with van der Waals surface area (Å²) in [5.41, 5.74) is 1.34.